The Morgan fingerprint density at radius 3 is 2.50 bits per heavy atom. The number of carbonyl (C=O) groups excluding carboxylic acids is 1. The summed E-state index contributed by atoms with van der Waals surface area (Å²) in [6, 6.07) is -0.319. The Labute approximate surface area is 108 Å². The van der Waals surface area contributed by atoms with Gasteiger partial charge in [-0.15, -0.1) is 0 Å². The van der Waals surface area contributed by atoms with Gasteiger partial charge in [-0.1, -0.05) is 13.8 Å². The normalized spacial score (nSPS) is 12.3. The number of amides is 1. The predicted octanol–water partition coefficient (Wildman–Crippen LogP) is 1.67. The van der Waals surface area contributed by atoms with Gasteiger partial charge in [0.2, 0.25) is 5.91 Å². The van der Waals surface area contributed by atoms with Crippen LogP contribution in [0.1, 0.15) is 32.2 Å². The third-order valence-corrected chi connectivity index (χ3v) is 2.63. The van der Waals surface area contributed by atoms with E-state index in [0.29, 0.717) is 18.3 Å². The van der Waals surface area contributed by atoms with Crippen LogP contribution in [-0.4, -0.2) is 28.5 Å². The summed E-state index contributed by atoms with van der Waals surface area (Å²) in [7, 11) is 0. The molecule has 2 N–H and O–H groups in total. The molecule has 0 aromatic carbocycles. The van der Waals surface area contributed by atoms with Crippen molar-refractivity contribution in [3.63, 3.8) is 0 Å². The third kappa shape index (κ3) is 4.31. The lowest BCUT2D eigenvalue weighted by molar-refractivity contribution is -0.121. The Morgan fingerprint density at radius 1 is 1.28 bits per heavy atom. The van der Waals surface area contributed by atoms with Crippen LogP contribution in [0.25, 0.3) is 0 Å². The van der Waals surface area contributed by atoms with E-state index in [-0.39, 0.29) is 11.9 Å². The van der Waals surface area contributed by atoms with Gasteiger partial charge in [-0.05, 0) is 26.7 Å². The molecule has 100 valence electrons. The minimum Gasteiger partial charge on any atom is -0.357 e. The average Bonchev–Trinajstić information content (AvgIpc) is 2.30. The van der Waals surface area contributed by atoms with Gasteiger partial charge in [-0.25, -0.2) is 4.98 Å². The van der Waals surface area contributed by atoms with Gasteiger partial charge in [0.1, 0.15) is 11.9 Å². The molecular formula is C13H22N4O. The molecule has 1 rings (SSSR count). The van der Waals surface area contributed by atoms with E-state index < -0.39 is 0 Å². The van der Waals surface area contributed by atoms with E-state index in [9.17, 15) is 4.79 Å². The molecule has 0 saturated heterocycles. The summed E-state index contributed by atoms with van der Waals surface area (Å²) in [5, 5.41) is 5.93. The van der Waals surface area contributed by atoms with Crippen molar-refractivity contribution >= 4 is 11.7 Å². The van der Waals surface area contributed by atoms with E-state index in [1.165, 1.54) is 0 Å². The fourth-order valence-corrected chi connectivity index (χ4v) is 1.36. The highest BCUT2D eigenvalue weighted by molar-refractivity contribution is 5.83. The van der Waals surface area contributed by atoms with Gasteiger partial charge in [0, 0.05) is 6.54 Å². The highest BCUT2D eigenvalue weighted by Gasteiger charge is 2.13. The van der Waals surface area contributed by atoms with Crippen molar-refractivity contribution in [1.82, 2.24) is 15.3 Å². The minimum absolute atomic E-state index is 0.0243. The molecule has 0 radical (unpaired) electrons. The van der Waals surface area contributed by atoms with Gasteiger partial charge in [0.25, 0.3) is 0 Å². The number of hydrogen-bond donors (Lipinski definition) is 2. The summed E-state index contributed by atoms with van der Waals surface area (Å²) in [4.78, 5) is 20.3. The molecule has 5 nitrogen and oxygen atoms in total. The zero-order chi connectivity index (χ0) is 13.7. The lowest BCUT2D eigenvalue weighted by Gasteiger charge is -2.15. The van der Waals surface area contributed by atoms with Crippen LogP contribution in [0.2, 0.25) is 0 Å². The monoisotopic (exact) mass is 250 g/mol. The van der Waals surface area contributed by atoms with Crippen molar-refractivity contribution in [2.45, 2.75) is 40.7 Å². The number of hydrogen-bond acceptors (Lipinski definition) is 4. The highest BCUT2D eigenvalue weighted by atomic mass is 16.2. The second kappa shape index (κ2) is 6.33. The second-order valence-electron chi connectivity index (χ2n) is 4.93. The summed E-state index contributed by atoms with van der Waals surface area (Å²) in [5.74, 6) is 1.05. The minimum atomic E-state index is -0.319. The predicted molar refractivity (Wildman–Crippen MR) is 72.4 cm³/mol. The second-order valence-corrected chi connectivity index (χ2v) is 4.93. The fourth-order valence-electron chi connectivity index (χ4n) is 1.36. The number of aryl methyl sites for hydroxylation is 2. The van der Waals surface area contributed by atoms with Crippen LogP contribution in [0.15, 0.2) is 6.20 Å². The van der Waals surface area contributed by atoms with Crippen molar-refractivity contribution < 1.29 is 4.79 Å². The van der Waals surface area contributed by atoms with E-state index in [1.807, 2.05) is 20.8 Å². The van der Waals surface area contributed by atoms with E-state index in [0.717, 1.165) is 11.4 Å². The zero-order valence-electron chi connectivity index (χ0n) is 11.7. The number of rotatable bonds is 5. The Kier molecular flexibility index (Phi) is 5.07. The molecule has 0 saturated carbocycles. The van der Waals surface area contributed by atoms with Crippen LogP contribution in [0.3, 0.4) is 0 Å². The maximum atomic E-state index is 11.8. The van der Waals surface area contributed by atoms with Gasteiger partial charge >= 0.3 is 0 Å². The van der Waals surface area contributed by atoms with E-state index in [2.05, 4.69) is 34.4 Å². The first-order chi connectivity index (χ1) is 8.40. The summed E-state index contributed by atoms with van der Waals surface area (Å²) in [6.07, 6.45) is 1.65. The van der Waals surface area contributed by atoms with Gasteiger partial charge in [-0.2, -0.15) is 0 Å². The number of carbonyl (C=O) groups is 1. The first-order valence-corrected chi connectivity index (χ1v) is 6.24. The third-order valence-electron chi connectivity index (χ3n) is 2.63. The van der Waals surface area contributed by atoms with Crippen LogP contribution in [0.4, 0.5) is 5.82 Å². The molecule has 5 heteroatoms. The first kappa shape index (κ1) is 14.4. The molecular weight excluding hydrogens is 228 g/mol. The van der Waals surface area contributed by atoms with Crippen LogP contribution in [0.5, 0.6) is 0 Å². The number of anilines is 1. The van der Waals surface area contributed by atoms with E-state index in [1.54, 1.807) is 6.20 Å². The summed E-state index contributed by atoms with van der Waals surface area (Å²) < 4.78 is 0. The molecule has 0 bridgehead atoms. The van der Waals surface area contributed by atoms with Crippen molar-refractivity contribution in [3.8, 4) is 0 Å². The van der Waals surface area contributed by atoms with E-state index >= 15 is 0 Å². The topological polar surface area (TPSA) is 66.9 Å². The molecule has 1 amide bonds. The molecule has 1 aromatic heterocycles. The molecule has 1 atom stereocenters. The lowest BCUT2D eigenvalue weighted by atomic mass is 10.2. The Bertz CT molecular complexity index is 417. The maximum absolute atomic E-state index is 11.8. The smallest absolute Gasteiger partial charge is 0.242 e. The zero-order valence-corrected chi connectivity index (χ0v) is 11.7. The van der Waals surface area contributed by atoms with Crippen molar-refractivity contribution in [2.24, 2.45) is 5.92 Å². The standard InChI is InChI=1S/C13H22N4O/c1-8(2)6-15-13(18)11(5)17-12-7-14-9(3)10(4)16-12/h7-8,11H,6H2,1-5H3,(H,15,18)(H,16,17). The van der Waals surface area contributed by atoms with Gasteiger partial charge in [-0.3, -0.25) is 9.78 Å². The molecule has 0 spiro atoms. The van der Waals surface area contributed by atoms with Crippen molar-refractivity contribution in [2.75, 3.05) is 11.9 Å². The molecule has 0 fully saturated rings. The first-order valence-electron chi connectivity index (χ1n) is 6.24. The quantitative estimate of drug-likeness (QED) is 0.834. The largest absolute Gasteiger partial charge is 0.357 e. The summed E-state index contributed by atoms with van der Waals surface area (Å²) >= 11 is 0. The molecule has 0 aliphatic carbocycles. The maximum Gasteiger partial charge on any atom is 0.242 e. The number of aromatic nitrogens is 2. The molecule has 1 aromatic rings. The van der Waals surface area contributed by atoms with Crippen LogP contribution < -0.4 is 10.6 Å². The molecule has 1 unspecified atom stereocenters. The van der Waals surface area contributed by atoms with Crippen molar-refractivity contribution in [1.29, 1.82) is 0 Å². The van der Waals surface area contributed by atoms with Gasteiger partial charge in [0.15, 0.2) is 0 Å². The Balaban J connectivity index is 2.55. The van der Waals surface area contributed by atoms with E-state index in [4.69, 9.17) is 0 Å². The molecule has 0 aliphatic heterocycles. The summed E-state index contributed by atoms with van der Waals surface area (Å²) in [5.41, 5.74) is 1.77. The molecule has 0 aliphatic rings. The average molecular weight is 250 g/mol. The SMILES string of the molecule is Cc1ncc(NC(C)C(=O)NCC(C)C)nc1C. The van der Waals surface area contributed by atoms with Gasteiger partial charge in [0.05, 0.1) is 17.6 Å². The van der Waals surface area contributed by atoms with Crippen molar-refractivity contribution in [3.05, 3.63) is 17.6 Å². The number of nitrogens with zero attached hydrogens (tertiary/aromatic N) is 2. The summed E-state index contributed by atoms with van der Waals surface area (Å²) in [6.45, 7) is 10.4. The van der Waals surface area contributed by atoms with Crippen LogP contribution in [0, 0.1) is 19.8 Å². The lowest BCUT2D eigenvalue weighted by Crippen LogP contribution is -2.39. The Hall–Kier alpha value is -1.65. The Morgan fingerprint density at radius 2 is 1.94 bits per heavy atom. The molecule has 1 heterocycles. The highest BCUT2D eigenvalue weighted by Crippen LogP contribution is 2.07. The van der Waals surface area contributed by atoms with Crippen LogP contribution >= 0.6 is 0 Å². The van der Waals surface area contributed by atoms with Crippen LogP contribution in [-0.2, 0) is 4.79 Å². The number of nitrogens with one attached hydrogen (secondary N) is 2. The van der Waals surface area contributed by atoms with Gasteiger partial charge < -0.3 is 10.6 Å². The molecule has 18 heavy (non-hydrogen) atoms. The fraction of sp³-hybridized carbons (Fsp3) is 0.615.